The molecule has 1 heterocycles. The summed E-state index contributed by atoms with van der Waals surface area (Å²) < 4.78 is 5.82. The number of aliphatic imine (C=N–C) groups is 1. The van der Waals surface area contributed by atoms with Crippen LogP contribution in [0.4, 0.5) is 0 Å². The highest BCUT2D eigenvalue weighted by Gasteiger charge is 2.25. The Bertz CT molecular complexity index is 352. The van der Waals surface area contributed by atoms with Crippen LogP contribution in [0.25, 0.3) is 0 Å². The van der Waals surface area contributed by atoms with Gasteiger partial charge in [0.2, 0.25) is 0 Å². The molecule has 0 aromatic carbocycles. The smallest absolute Gasteiger partial charge is 0.193 e. The molecular weight excluding hydrogens is 415 g/mol. The van der Waals surface area contributed by atoms with Gasteiger partial charge in [0.1, 0.15) is 0 Å². The molecule has 0 radical (unpaired) electrons. The minimum atomic E-state index is 0. The van der Waals surface area contributed by atoms with Crippen molar-refractivity contribution in [2.45, 2.75) is 59.1 Å². The van der Waals surface area contributed by atoms with Crippen molar-refractivity contribution in [3.63, 3.8) is 0 Å². The number of rotatable bonds is 9. The largest absolute Gasteiger partial charge is 0.378 e. The van der Waals surface area contributed by atoms with Gasteiger partial charge in [-0.15, -0.1) is 24.0 Å². The van der Waals surface area contributed by atoms with Gasteiger partial charge in [-0.3, -0.25) is 9.89 Å². The van der Waals surface area contributed by atoms with Gasteiger partial charge >= 0.3 is 0 Å². The van der Waals surface area contributed by atoms with Crippen molar-refractivity contribution >= 4 is 29.9 Å². The molecule has 6 heteroatoms. The zero-order chi connectivity index (χ0) is 17.2. The van der Waals surface area contributed by atoms with Crippen LogP contribution in [0.5, 0.6) is 0 Å². The lowest BCUT2D eigenvalue weighted by Crippen LogP contribution is -2.46. The number of nitrogens with one attached hydrogen (secondary N) is 1. The molecule has 2 atom stereocenters. The molecule has 1 N–H and O–H groups in total. The molecule has 0 aromatic rings. The van der Waals surface area contributed by atoms with Gasteiger partial charge in [0.25, 0.3) is 0 Å². The van der Waals surface area contributed by atoms with Crippen LogP contribution < -0.4 is 5.32 Å². The Labute approximate surface area is 166 Å². The molecule has 1 aliphatic heterocycles. The zero-order valence-electron chi connectivity index (χ0n) is 16.5. The van der Waals surface area contributed by atoms with E-state index in [4.69, 9.17) is 4.74 Å². The van der Waals surface area contributed by atoms with E-state index < -0.39 is 0 Å². The summed E-state index contributed by atoms with van der Waals surface area (Å²) in [6.45, 7) is 13.9. The van der Waals surface area contributed by atoms with Crippen molar-refractivity contribution < 1.29 is 4.74 Å². The van der Waals surface area contributed by atoms with E-state index in [0.29, 0.717) is 18.1 Å². The standard InChI is InChI=1S/C18H38N4O.HI/c1-7-22-13-9-10-16(22)14-21(6)18(19-5)20-12-11-17(15(3)4)23-8-2;/h15-17H,7-14H2,1-6H3,(H,19,20);1H. The molecule has 5 nitrogen and oxygen atoms in total. The van der Waals surface area contributed by atoms with Crippen LogP contribution in [-0.2, 0) is 4.74 Å². The number of likely N-dealkylation sites (tertiary alicyclic amines) is 1. The van der Waals surface area contributed by atoms with Crippen LogP contribution in [0.2, 0.25) is 0 Å². The molecule has 0 amide bonds. The highest BCUT2D eigenvalue weighted by atomic mass is 127. The summed E-state index contributed by atoms with van der Waals surface area (Å²) in [7, 11) is 4.01. The summed E-state index contributed by atoms with van der Waals surface area (Å²) in [6, 6.07) is 0.662. The van der Waals surface area contributed by atoms with Crippen LogP contribution >= 0.6 is 24.0 Å². The third kappa shape index (κ3) is 7.87. The number of nitrogens with zero attached hydrogens (tertiary/aromatic N) is 3. The van der Waals surface area contributed by atoms with Crippen LogP contribution in [0.3, 0.4) is 0 Å². The van der Waals surface area contributed by atoms with Crippen LogP contribution in [0, 0.1) is 5.92 Å². The minimum absolute atomic E-state index is 0. The lowest BCUT2D eigenvalue weighted by Gasteiger charge is -2.30. The highest BCUT2D eigenvalue weighted by molar-refractivity contribution is 14.0. The molecule has 1 saturated heterocycles. The molecule has 24 heavy (non-hydrogen) atoms. The van der Waals surface area contributed by atoms with E-state index in [2.05, 4.69) is 54.9 Å². The van der Waals surface area contributed by atoms with Gasteiger partial charge in [0, 0.05) is 39.8 Å². The van der Waals surface area contributed by atoms with Gasteiger partial charge < -0.3 is 15.0 Å². The molecule has 2 unspecified atom stereocenters. The summed E-state index contributed by atoms with van der Waals surface area (Å²) in [5, 5.41) is 3.50. The van der Waals surface area contributed by atoms with E-state index in [1.54, 1.807) is 0 Å². The Morgan fingerprint density at radius 2 is 2.08 bits per heavy atom. The summed E-state index contributed by atoms with van der Waals surface area (Å²) in [4.78, 5) is 9.29. The predicted octanol–water partition coefficient (Wildman–Crippen LogP) is 3.05. The van der Waals surface area contributed by atoms with Crippen LogP contribution in [-0.4, -0.2) is 74.8 Å². The van der Waals surface area contributed by atoms with Gasteiger partial charge in [-0.25, -0.2) is 0 Å². The predicted molar refractivity (Wildman–Crippen MR) is 115 cm³/mol. The van der Waals surface area contributed by atoms with Crippen molar-refractivity contribution in [1.29, 1.82) is 0 Å². The van der Waals surface area contributed by atoms with Gasteiger partial charge in [-0.05, 0) is 45.2 Å². The first-order chi connectivity index (χ1) is 11.0. The number of likely N-dealkylation sites (N-methyl/N-ethyl adjacent to an activating group) is 2. The quantitative estimate of drug-likeness (QED) is 0.330. The topological polar surface area (TPSA) is 40.1 Å². The SMILES string of the molecule is CCOC(CCNC(=NC)N(C)CC1CCCN1CC)C(C)C.I. The summed E-state index contributed by atoms with van der Waals surface area (Å²) in [5.74, 6) is 1.54. The molecule has 1 fully saturated rings. The molecule has 1 rings (SSSR count). The van der Waals surface area contributed by atoms with Crippen molar-refractivity contribution in [3.8, 4) is 0 Å². The Morgan fingerprint density at radius 3 is 2.62 bits per heavy atom. The van der Waals surface area contributed by atoms with E-state index in [-0.39, 0.29) is 24.0 Å². The fraction of sp³-hybridized carbons (Fsp3) is 0.944. The molecule has 144 valence electrons. The highest BCUT2D eigenvalue weighted by Crippen LogP contribution is 2.17. The average molecular weight is 454 g/mol. The van der Waals surface area contributed by atoms with Gasteiger partial charge in [-0.1, -0.05) is 20.8 Å². The fourth-order valence-electron chi connectivity index (χ4n) is 3.45. The zero-order valence-corrected chi connectivity index (χ0v) is 18.9. The molecular formula is C18H39IN4O. The molecule has 0 aliphatic carbocycles. The molecule has 0 spiro atoms. The van der Waals surface area contributed by atoms with E-state index >= 15 is 0 Å². The second-order valence-electron chi connectivity index (χ2n) is 6.81. The molecule has 1 aliphatic rings. The first-order valence-electron chi connectivity index (χ1n) is 9.30. The number of guanidine groups is 1. The summed E-state index contributed by atoms with van der Waals surface area (Å²) in [5.41, 5.74) is 0. The number of hydrogen-bond acceptors (Lipinski definition) is 3. The van der Waals surface area contributed by atoms with Crippen LogP contribution in [0.1, 0.15) is 47.0 Å². The second-order valence-corrected chi connectivity index (χ2v) is 6.81. The first kappa shape index (κ1) is 23.9. The Balaban J connectivity index is 0.00000529. The average Bonchev–Trinajstić information content (AvgIpc) is 2.97. The normalized spacial score (nSPS) is 20.1. The van der Waals surface area contributed by atoms with Crippen LogP contribution in [0.15, 0.2) is 4.99 Å². The Hall–Kier alpha value is -0.0800. The number of ether oxygens (including phenoxy) is 1. The maximum Gasteiger partial charge on any atom is 0.193 e. The monoisotopic (exact) mass is 454 g/mol. The number of halogens is 1. The summed E-state index contributed by atoms with van der Waals surface area (Å²) >= 11 is 0. The van der Waals surface area contributed by atoms with Gasteiger partial charge in [0.05, 0.1) is 6.10 Å². The van der Waals surface area contributed by atoms with Gasteiger partial charge in [-0.2, -0.15) is 0 Å². The Morgan fingerprint density at radius 1 is 1.38 bits per heavy atom. The van der Waals surface area contributed by atoms with Gasteiger partial charge in [0.15, 0.2) is 5.96 Å². The molecule has 0 aromatic heterocycles. The maximum absolute atomic E-state index is 5.82. The van der Waals surface area contributed by atoms with Crippen molar-refractivity contribution in [2.24, 2.45) is 10.9 Å². The lowest BCUT2D eigenvalue weighted by atomic mass is 10.0. The Kier molecular flexibility index (Phi) is 13.1. The fourth-order valence-corrected chi connectivity index (χ4v) is 3.45. The summed E-state index contributed by atoms with van der Waals surface area (Å²) in [6.07, 6.45) is 3.96. The third-order valence-electron chi connectivity index (χ3n) is 4.80. The second kappa shape index (κ2) is 13.2. The molecule has 0 saturated carbocycles. The lowest BCUT2D eigenvalue weighted by molar-refractivity contribution is 0.0257. The third-order valence-corrected chi connectivity index (χ3v) is 4.80. The number of hydrogen-bond donors (Lipinski definition) is 1. The van der Waals surface area contributed by atoms with E-state index in [1.165, 1.54) is 19.4 Å². The molecule has 0 bridgehead atoms. The van der Waals surface area contributed by atoms with E-state index in [1.807, 2.05) is 7.05 Å². The van der Waals surface area contributed by atoms with Crippen molar-refractivity contribution in [1.82, 2.24) is 15.1 Å². The van der Waals surface area contributed by atoms with Crippen molar-refractivity contribution in [2.75, 3.05) is 46.9 Å². The van der Waals surface area contributed by atoms with E-state index in [0.717, 1.165) is 38.6 Å². The maximum atomic E-state index is 5.82. The van der Waals surface area contributed by atoms with Crippen molar-refractivity contribution in [3.05, 3.63) is 0 Å². The first-order valence-corrected chi connectivity index (χ1v) is 9.30. The minimum Gasteiger partial charge on any atom is -0.378 e. The van der Waals surface area contributed by atoms with E-state index in [9.17, 15) is 0 Å².